The Morgan fingerprint density at radius 3 is 2.53 bits per heavy atom. The molecule has 0 spiro atoms. The summed E-state index contributed by atoms with van der Waals surface area (Å²) in [7, 11) is 2.17. The topological polar surface area (TPSA) is 19.4 Å². The first-order valence-electron chi connectivity index (χ1n) is 6.12. The number of rotatable bonds is 1. The lowest BCUT2D eigenvalue weighted by atomic mass is 10.2. The smallest absolute Gasteiger partial charge is 0.129 e. The first-order chi connectivity index (χ1) is 8.33. The Kier molecular flexibility index (Phi) is 2.69. The van der Waals surface area contributed by atoms with Gasteiger partial charge >= 0.3 is 0 Å². The molecule has 2 aromatic rings. The normalized spacial score (nSPS) is 17.6. The number of aromatic nitrogens is 1. The van der Waals surface area contributed by atoms with Crippen LogP contribution in [0.3, 0.4) is 0 Å². The number of hydrogen-bond donors (Lipinski definition) is 0. The van der Waals surface area contributed by atoms with Gasteiger partial charge in [-0.3, -0.25) is 0 Å². The van der Waals surface area contributed by atoms with Gasteiger partial charge in [-0.15, -0.1) is 0 Å². The number of piperazine rings is 1. The van der Waals surface area contributed by atoms with Crippen molar-refractivity contribution in [2.45, 2.75) is 0 Å². The Bertz CT molecular complexity index is 516. The maximum atomic E-state index is 4.73. The van der Waals surface area contributed by atoms with Gasteiger partial charge in [-0.1, -0.05) is 18.2 Å². The second-order valence-corrected chi connectivity index (χ2v) is 4.65. The van der Waals surface area contributed by atoms with Gasteiger partial charge in [0.25, 0.3) is 0 Å². The molecule has 1 aliphatic rings. The van der Waals surface area contributed by atoms with E-state index in [1.807, 2.05) is 6.07 Å². The lowest BCUT2D eigenvalue weighted by Crippen LogP contribution is -2.44. The summed E-state index contributed by atoms with van der Waals surface area (Å²) in [6.07, 6.45) is 0. The molecule has 0 radical (unpaired) electrons. The van der Waals surface area contributed by atoms with Crippen LogP contribution in [-0.2, 0) is 0 Å². The molecule has 88 valence electrons. The van der Waals surface area contributed by atoms with Gasteiger partial charge in [0.05, 0.1) is 5.52 Å². The highest BCUT2D eigenvalue weighted by atomic mass is 15.3. The number of anilines is 1. The SMILES string of the molecule is [11CH3]N1CCN(c2ccc3ccccc3n2)CC1. The van der Waals surface area contributed by atoms with Crippen LogP contribution in [0.15, 0.2) is 36.4 Å². The monoisotopic (exact) mass is 226 g/mol. The van der Waals surface area contributed by atoms with Crippen LogP contribution in [0.1, 0.15) is 0 Å². The molecule has 0 amide bonds. The first kappa shape index (κ1) is 10.5. The number of likely N-dealkylation sites (N-methyl/N-ethyl adjacent to an activating group) is 1. The van der Waals surface area contributed by atoms with E-state index in [9.17, 15) is 0 Å². The first-order valence-corrected chi connectivity index (χ1v) is 6.12. The molecular weight excluding hydrogens is 209 g/mol. The third-order valence-electron chi connectivity index (χ3n) is 3.41. The molecule has 3 heteroatoms. The predicted octanol–water partition coefficient (Wildman–Crippen LogP) is 1.99. The van der Waals surface area contributed by atoms with Crippen LogP contribution < -0.4 is 4.90 Å². The molecule has 2 heterocycles. The Balaban J connectivity index is 1.90. The average molecular weight is 226 g/mol. The predicted molar refractivity (Wildman–Crippen MR) is 71.5 cm³/mol. The van der Waals surface area contributed by atoms with E-state index in [1.165, 1.54) is 5.39 Å². The summed E-state index contributed by atoms with van der Waals surface area (Å²) in [5, 5.41) is 1.21. The fourth-order valence-electron chi connectivity index (χ4n) is 2.27. The molecule has 3 rings (SSSR count). The molecule has 0 N–H and O–H groups in total. The van der Waals surface area contributed by atoms with Crippen LogP contribution in [-0.4, -0.2) is 43.1 Å². The third-order valence-corrected chi connectivity index (χ3v) is 3.41. The zero-order chi connectivity index (χ0) is 11.7. The van der Waals surface area contributed by atoms with E-state index in [0.29, 0.717) is 0 Å². The van der Waals surface area contributed by atoms with Crippen LogP contribution in [0.2, 0.25) is 0 Å². The van der Waals surface area contributed by atoms with Crippen molar-refractivity contribution >= 4 is 16.7 Å². The lowest BCUT2D eigenvalue weighted by Gasteiger charge is -2.33. The van der Waals surface area contributed by atoms with E-state index in [-0.39, 0.29) is 0 Å². The summed E-state index contributed by atoms with van der Waals surface area (Å²) in [5.74, 6) is 1.11. The molecule has 1 aromatic carbocycles. The zero-order valence-electron chi connectivity index (χ0n) is 10.1. The van der Waals surface area contributed by atoms with Crippen molar-refractivity contribution in [3.63, 3.8) is 0 Å². The minimum absolute atomic E-state index is 1.07. The number of pyridine rings is 1. The van der Waals surface area contributed by atoms with Crippen molar-refractivity contribution in [3.8, 4) is 0 Å². The summed E-state index contributed by atoms with van der Waals surface area (Å²) < 4.78 is 0. The van der Waals surface area contributed by atoms with Gasteiger partial charge in [0, 0.05) is 31.6 Å². The average Bonchev–Trinajstić information content (AvgIpc) is 2.39. The lowest BCUT2D eigenvalue weighted by molar-refractivity contribution is 0.312. The van der Waals surface area contributed by atoms with Gasteiger partial charge in [0.2, 0.25) is 0 Å². The number of nitrogens with zero attached hydrogens (tertiary/aromatic N) is 3. The molecule has 0 unspecified atom stereocenters. The molecule has 17 heavy (non-hydrogen) atoms. The van der Waals surface area contributed by atoms with E-state index in [0.717, 1.165) is 37.5 Å². The fraction of sp³-hybridized carbons (Fsp3) is 0.357. The summed E-state index contributed by atoms with van der Waals surface area (Å²) in [6.45, 7) is 4.38. The van der Waals surface area contributed by atoms with Crippen molar-refractivity contribution in [1.82, 2.24) is 9.88 Å². The number of hydrogen-bond acceptors (Lipinski definition) is 3. The Morgan fingerprint density at radius 1 is 0.941 bits per heavy atom. The quantitative estimate of drug-likeness (QED) is 0.741. The highest BCUT2D eigenvalue weighted by molar-refractivity contribution is 5.80. The van der Waals surface area contributed by atoms with Crippen molar-refractivity contribution in [3.05, 3.63) is 36.4 Å². The zero-order valence-corrected chi connectivity index (χ0v) is 10.1. The summed E-state index contributed by atoms with van der Waals surface area (Å²) in [6, 6.07) is 12.6. The minimum Gasteiger partial charge on any atom is -0.354 e. The molecule has 0 aliphatic carbocycles. The van der Waals surface area contributed by atoms with Gasteiger partial charge in [-0.2, -0.15) is 0 Å². The van der Waals surface area contributed by atoms with Gasteiger partial charge in [-0.25, -0.2) is 4.98 Å². The van der Waals surface area contributed by atoms with Gasteiger partial charge < -0.3 is 9.80 Å². The summed E-state index contributed by atoms with van der Waals surface area (Å²) in [4.78, 5) is 9.46. The van der Waals surface area contributed by atoms with Crippen molar-refractivity contribution in [2.24, 2.45) is 0 Å². The fourth-order valence-corrected chi connectivity index (χ4v) is 2.27. The van der Waals surface area contributed by atoms with Gasteiger partial charge in [-0.05, 0) is 25.2 Å². The highest BCUT2D eigenvalue weighted by Gasteiger charge is 2.15. The molecule has 1 aromatic heterocycles. The van der Waals surface area contributed by atoms with Gasteiger partial charge in [0.15, 0.2) is 0 Å². The van der Waals surface area contributed by atoms with Crippen LogP contribution in [0.4, 0.5) is 5.82 Å². The number of benzene rings is 1. The molecule has 1 fully saturated rings. The van der Waals surface area contributed by atoms with Crippen molar-refractivity contribution in [2.75, 3.05) is 38.1 Å². The molecule has 0 atom stereocenters. The molecule has 0 bridgehead atoms. The summed E-state index contributed by atoms with van der Waals surface area (Å²) >= 11 is 0. The van der Waals surface area contributed by atoms with E-state index in [1.54, 1.807) is 0 Å². The second-order valence-electron chi connectivity index (χ2n) is 4.65. The molecule has 3 nitrogen and oxygen atoms in total. The Hall–Kier alpha value is -1.61. The van der Waals surface area contributed by atoms with Crippen LogP contribution in [0.25, 0.3) is 10.9 Å². The van der Waals surface area contributed by atoms with E-state index >= 15 is 0 Å². The van der Waals surface area contributed by atoms with Crippen LogP contribution >= 0.6 is 0 Å². The third kappa shape index (κ3) is 2.11. The molecule has 1 aliphatic heterocycles. The number of para-hydroxylation sites is 1. The van der Waals surface area contributed by atoms with Gasteiger partial charge in [0.1, 0.15) is 5.82 Å². The van der Waals surface area contributed by atoms with E-state index in [2.05, 4.69) is 47.2 Å². The number of fused-ring (bicyclic) bond motifs is 1. The molecule has 1 saturated heterocycles. The Labute approximate surface area is 102 Å². The van der Waals surface area contributed by atoms with E-state index < -0.39 is 0 Å². The van der Waals surface area contributed by atoms with Crippen molar-refractivity contribution < 1.29 is 0 Å². The largest absolute Gasteiger partial charge is 0.354 e. The highest BCUT2D eigenvalue weighted by Crippen LogP contribution is 2.18. The van der Waals surface area contributed by atoms with E-state index in [4.69, 9.17) is 4.98 Å². The maximum Gasteiger partial charge on any atom is 0.129 e. The molecule has 0 saturated carbocycles. The Morgan fingerprint density at radius 2 is 1.71 bits per heavy atom. The maximum absolute atomic E-state index is 4.73. The summed E-state index contributed by atoms with van der Waals surface area (Å²) in [5.41, 5.74) is 1.09. The second kappa shape index (κ2) is 4.34. The van der Waals surface area contributed by atoms with Crippen molar-refractivity contribution in [1.29, 1.82) is 0 Å². The standard InChI is InChI=1S/C14H17N3/c1-16-8-10-17(11-9-16)14-7-6-12-4-2-3-5-13(12)15-14/h2-7H,8-11H2,1H3/i1-1. The minimum atomic E-state index is 1.07. The van der Waals surface area contributed by atoms with Crippen LogP contribution in [0.5, 0.6) is 0 Å². The molecular formula is C14H17N3. The van der Waals surface area contributed by atoms with Crippen LogP contribution in [0, 0.1) is 0 Å².